The number of halogens is 6. The maximum Gasteiger partial charge on any atom is 0.487 e. The first-order valence-corrected chi connectivity index (χ1v) is 8.74. The predicted octanol–water partition coefficient (Wildman–Crippen LogP) is 4.67. The van der Waals surface area contributed by atoms with Gasteiger partial charge in [0, 0.05) is 29.6 Å². The number of ether oxygens (including phenoxy) is 1. The molecule has 6 nitrogen and oxygen atoms in total. The number of carbonyl (C=O) groups is 1. The summed E-state index contributed by atoms with van der Waals surface area (Å²) in [6.45, 7) is 0. The maximum absolute atomic E-state index is 12.6. The van der Waals surface area contributed by atoms with Crippen LogP contribution in [0.2, 0.25) is 0 Å². The fourth-order valence-corrected chi connectivity index (χ4v) is 2.55. The van der Waals surface area contributed by atoms with E-state index < -0.39 is 28.9 Å². The van der Waals surface area contributed by atoms with Gasteiger partial charge in [-0.25, -0.2) is 4.98 Å². The molecule has 0 aliphatic rings. The monoisotopic (exact) mass is 459 g/mol. The van der Waals surface area contributed by atoms with Gasteiger partial charge in [-0.15, -0.1) is 8.78 Å². The molecular formula is C19H11ClF5N3O3. The molecule has 0 unspecified atom stereocenters. The third-order valence-electron chi connectivity index (χ3n) is 3.84. The summed E-state index contributed by atoms with van der Waals surface area (Å²) >= 11 is 4.67. The maximum atomic E-state index is 12.6. The van der Waals surface area contributed by atoms with Gasteiger partial charge in [0.05, 0.1) is 17.4 Å². The highest BCUT2D eigenvalue weighted by molar-refractivity contribution is 6.20. The van der Waals surface area contributed by atoms with E-state index in [1.165, 1.54) is 18.2 Å². The van der Waals surface area contributed by atoms with Crippen LogP contribution in [-0.4, -0.2) is 21.0 Å². The van der Waals surface area contributed by atoms with Crippen LogP contribution in [-0.2, 0) is 6.18 Å². The normalized spacial score (nSPS) is 11.8. The number of aromatic nitrogens is 2. The van der Waals surface area contributed by atoms with Crippen molar-refractivity contribution in [1.82, 2.24) is 9.55 Å². The summed E-state index contributed by atoms with van der Waals surface area (Å²) in [7, 11) is 0. The molecule has 0 bridgehead atoms. The first-order valence-electron chi connectivity index (χ1n) is 8.36. The van der Waals surface area contributed by atoms with Gasteiger partial charge in [-0.05, 0) is 42.5 Å². The van der Waals surface area contributed by atoms with E-state index >= 15 is 0 Å². The van der Waals surface area contributed by atoms with E-state index in [1.54, 1.807) is 0 Å². The zero-order valence-corrected chi connectivity index (χ0v) is 15.9. The van der Waals surface area contributed by atoms with Gasteiger partial charge in [0.25, 0.3) is 11.5 Å². The Labute approximate surface area is 175 Å². The average Bonchev–Trinajstić information content (AvgIpc) is 2.68. The summed E-state index contributed by atoms with van der Waals surface area (Å²) in [5.74, 6) is -0.897. The second-order valence-electron chi connectivity index (χ2n) is 6.05. The Morgan fingerprint density at radius 3 is 2.23 bits per heavy atom. The molecule has 0 aliphatic carbocycles. The molecule has 0 fully saturated rings. The van der Waals surface area contributed by atoms with Gasteiger partial charge in [0.15, 0.2) is 0 Å². The largest absolute Gasteiger partial charge is 0.487 e. The molecule has 3 rings (SSSR count). The number of hydrogen-bond acceptors (Lipinski definition) is 4. The number of benzene rings is 1. The molecule has 2 heterocycles. The standard InChI is InChI=1S/C19H11ClF5N3O3/c20-19(24,25)31-14-5-2-12(3-6-14)27-17(30)11-1-8-16(29)28(10-11)13-4-7-15(26-9-13)18(21,22)23/h1-10H,(H,27,30). The van der Waals surface area contributed by atoms with Crippen LogP contribution < -0.4 is 15.6 Å². The molecule has 12 heteroatoms. The molecule has 31 heavy (non-hydrogen) atoms. The molecule has 2 aromatic heterocycles. The summed E-state index contributed by atoms with van der Waals surface area (Å²) in [4.78, 5) is 27.8. The molecular weight excluding hydrogens is 449 g/mol. The molecule has 1 aromatic carbocycles. The first kappa shape index (κ1) is 22.2. The Kier molecular flexibility index (Phi) is 5.98. The molecule has 0 atom stereocenters. The quantitative estimate of drug-likeness (QED) is 0.444. The van der Waals surface area contributed by atoms with Gasteiger partial charge in [-0.2, -0.15) is 13.2 Å². The zero-order valence-electron chi connectivity index (χ0n) is 15.2. The molecule has 1 N–H and O–H groups in total. The molecule has 0 radical (unpaired) electrons. The van der Waals surface area contributed by atoms with Crippen molar-refractivity contribution in [3.8, 4) is 11.4 Å². The van der Waals surface area contributed by atoms with E-state index in [-0.39, 0.29) is 22.7 Å². The van der Waals surface area contributed by atoms with Crippen molar-refractivity contribution in [2.24, 2.45) is 0 Å². The van der Waals surface area contributed by atoms with Crippen LogP contribution in [0.4, 0.5) is 27.6 Å². The number of anilines is 1. The molecule has 0 aliphatic heterocycles. The SMILES string of the molecule is O=C(Nc1ccc(OC(F)(F)Cl)cc1)c1ccc(=O)n(-c2ccc(C(F)(F)F)nc2)c1. The van der Waals surface area contributed by atoms with Crippen LogP contribution in [0, 0.1) is 0 Å². The second kappa shape index (κ2) is 8.34. The third-order valence-corrected chi connectivity index (χ3v) is 3.91. The topological polar surface area (TPSA) is 73.2 Å². The van der Waals surface area contributed by atoms with Crippen molar-refractivity contribution in [3.05, 3.63) is 82.5 Å². The lowest BCUT2D eigenvalue weighted by Crippen LogP contribution is -2.21. The van der Waals surface area contributed by atoms with E-state index in [4.69, 9.17) is 0 Å². The molecule has 1 amide bonds. The van der Waals surface area contributed by atoms with Crippen molar-refractivity contribution in [2.45, 2.75) is 11.7 Å². The number of alkyl halides is 6. The minimum atomic E-state index is -4.63. The molecule has 0 saturated carbocycles. The van der Waals surface area contributed by atoms with Gasteiger partial charge < -0.3 is 10.1 Å². The highest BCUT2D eigenvalue weighted by Crippen LogP contribution is 2.28. The second-order valence-corrected chi connectivity index (χ2v) is 6.49. The third kappa shape index (κ3) is 5.79. The van der Waals surface area contributed by atoms with Crippen molar-refractivity contribution in [2.75, 3.05) is 5.32 Å². The summed E-state index contributed by atoms with van der Waals surface area (Å²) in [5, 5.41) is 2.48. The number of carbonyl (C=O) groups excluding carboxylic acids is 1. The van der Waals surface area contributed by atoms with Gasteiger partial charge in [0.2, 0.25) is 0 Å². The number of nitrogens with zero attached hydrogens (tertiary/aromatic N) is 2. The van der Waals surface area contributed by atoms with E-state index in [9.17, 15) is 31.5 Å². The lowest BCUT2D eigenvalue weighted by atomic mass is 10.2. The van der Waals surface area contributed by atoms with Crippen molar-refractivity contribution >= 4 is 23.2 Å². The Morgan fingerprint density at radius 2 is 1.68 bits per heavy atom. The first-order chi connectivity index (χ1) is 14.4. The Hall–Kier alpha value is -3.47. The van der Waals surface area contributed by atoms with E-state index in [0.29, 0.717) is 6.07 Å². The fourth-order valence-electron chi connectivity index (χ4n) is 2.46. The predicted molar refractivity (Wildman–Crippen MR) is 101 cm³/mol. The number of pyridine rings is 2. The zero-order chi connectivity index (χ0) is 22.8. The number of nitrogens with one attached hydrogen (secondary N) is 1. The van der Waals surface area contributed by atoms with Crippen molar-refractivity contribution < 1.29 is 31.5 Å². The van der Waals surface area contributed by atoms with Crippen LogP contribution in [0.3, 0.4) is 0 Å². The number of amides is 1. The highest BCUT2D eigenvalue weighted by Gasteiger charge is 2.32. The Morgan fingerprint density at radius 1 is 1.00 bits per heavy atom. The summed E-state index contributed by atoms with van der Waals surface area (Å²) in [5.41, 5.74) is -5.35. The smallest absolute Gasteiger partial charge is 0.420 e. The lowest BCUT2D eigenvalue weighted by molar-refractivity contribution is -0.141. The fraction of sp³-hybridized carbons (Fsp3) is 0.105. The van der Waals surface area contributed by atoms with Crippen molar-refractivity contribution in [3.63, 3.8) is 0 Å². The van der Waals surface area contributed by atoms with E-state index in [0.717, 1.165) is 41.2 Å². The van der Waals surface area contributed by atoms with Crippen LogP contribution in [0.1, 0.15) is 16.1 Å². The van der Waals surface area contributed by atoms with Crippen LogP contribution in [0.25, 0.3) is 5.69 Å². The van der Waals surface area contributed by atoms with E-state index in [1.807, 2.05) is 0 Å². The Balaban J connectivity index is 1.79. The van der Waals surface area contributed by atoms with Gasteiger partial charge in [-0.3, -0.25) is 14.2 Å². The molecule has 3 aromatic rings. The number of rotatable bonds is 5. The minimum absolute atomic E-state index is 0.00659. The van der Waals surface area contributed by atoms with Gasteiger partial charge in [0.1, 0.15) is 11.4 Å². The molecule has 162 valence electrons. The molecule has 0 spiro atoms. The van der Waals surface area contributed by atoms with E-state index in [2.05, 4.69) is 26.6 Å². The van der Waals surface area contributed by atoms with Crippen molar-refractivity contribution in [1.29, 1.82) is 0 Å². The van der Waals surface area contributed by atoms with Crippen LogP contribution >= 0.6 is 11.6 Å². The van der Waals surface area contributed by atoms with Gasteiger partial charge >= 0.3 is 11.7 Å². The number of hydrogen-bond donors (Lipinski definition) is 1. The van der Waals surface area contributed by atoms with Crippen LogP contribution in [0.15, 0.2) is 65.7 Å². The summed E-state index contributed by atoms with van der Waals surface area (Å²) in [6, 6.07) is 8.91. The van der Waals surface area contributed by atoms with Crippen LogP contribution in [0.5, 0.6) is 5.75 Å². The Bertz CT molecular complexity index is 1140. The summed E-state index contributed by atoms with van der Waals surface area (Å²) < 4.78 is 68.3. The minimum Gasteiger partial charge on any atom is -0.420 e. The van der Waals surface area contributed by atoms with Gasteiger partial charge in [-0.1, -0.05) is 0 Å². The highest BCUT2D eigenvalue weighted by atomic mass is 35.5. The molecule has 0 saturated heterocycles. The summed E-state index contributed by atoms with van der Waals surface area (Å²) in [6.07, 6.45) is -2.64. The lowest BCUT2D eigenvalue weighted by Gasteiger charge is -2.12. The average molecular weight is 460 g/mol.